The first-order chi connectivity index (χ1) is 15.5. The fraction of sp³-hybridized carbons (Fsp3) is 0.500. The molecule has 168 valence electrons. The standard InChI is InChI=1S/C24H29N5O3/c1-15-5-2-3-6-16(15)10-26-23(31)22-18-9-17(20-7-4-8-21(30)29(20)22)12-28(13-18)24(32)19-11-25-14-27-19/h2-3,5-6,11,14,17-18,20,22H,4,7-10,12-13H2,1H3,(H,25,27)(H,26,31)/t17-,18+,20-,22+/m0/s1. The Kier molecular flexibility index (Phi) is 5.45. The topological polar surface area (TPSA) is 98.4 Å². The summed E-state index contributed by atoms with van der Waals surface area (Å²) < 4.78 is 0. The van der Waals surface area contributed by atoms with Gasteiger partial charge in [0.25, 0.3) is 5.91 Å². The minimum absolute atomic E-state index is 0.0130. The van der Waals surface area contributed by atoms with E-state index in [-0.39, 0.29) is 35.6 Å². The Balaban J connectivity index is 1.39. The second-order valence-corrected chi connectivity index (χ2v) is 9.28. The first-order valence-electron chi connectivity index (χ1n) is 11.4. The number of nitrogens with one attached hydrogen (secondary N) is 2. The maximum atomic E-state index is 13.5. The van der Waals surface area contributed by atoms with Crippen LogP contribution in [0.25, 0.3) is 0 Å². The van der Waals surface area contributed by atoms with E-state index in [1.807, 2.05) is 41.0 Å². The van der Waals surface area contributed by atoms with Gasteiger partial charge in [-0.25, -0.2) is 4.98 Å². The van der Waals surface area contributed by atoms with Gasteiger partial charge in [-0.1, -0.05) is 24.3 Å². The molecule has 3 amide bonds. The maximum absolute atomic E-state index is 13.5. The molecular formula is C24H29N5O3. The lowest BCUT2D eigenvalue weighted by molar-refractivity contribution is -0.159. The number of likely N-dealkylation sites (tertiary alicyclic amines) is 1. The fourth-order valence-electron chi connectivity index (χ4n) is 5.80. The molecular weight excluding hydrogens is 406 g/mol. The minimum Gasteiger partial charge on any atom is -0.350 e. The van der Waals surface area contributed by atoms with Crippen LogP contribution in [0, 0.1) is 18.8 Å². The Bertz CT molecular complexity index is 1020. The van der Waals surface area contributed by atoms with Crippen molar-refractivity contribution in [2.24, 2.45) is 11.8 Å². The molecule has 4 atom stereocenters. The minimum atomic E-state index is -0.537. The number of fused-ring (bicyclic) bond motifs is 4. The van der Waals surface area contributed by atoms with Crippen molar-refractivity contribution in [2.45, 2.75) is 51.2 Å². The zero-order valence-electron chi connectivity index (χ0n) is 18.3. The van der Waals surface area contributed by atoms with Gasteiger partial charge in [-0.3, -0.25) is 14.4 Å². The van der Waals surface area contributed by atoms with E-state index in [4.69, 9.17) is 0 Å². The van der Waals surface area contributed by atoms with Gasteiger partial charge in [0.05, 0.1) is 12.5 Å². The van der Waals surface area contributed by atoms with Crippen molar-refractivity contribution in [3.8, 4) is 0 Å². The second-order valence-electron chi connectivity index (χ2n) is 9.28. The molecule has 2 aromatic rings. The van der Waals surface area contributed by atoms with Crippen LogP contribution in [0.4, 0.5) is 0 Å². The third-order valence-electron chi connectivity index (χ3n) is 7.34. The smallest absolute Gasteiger partial charge is 0.271 e. The summed E-state index contributed by atoms with van der Waals surface area (Å²) in [5, 5.41) is 3.09. The predicted octanol–water partition coefficient (Wildman–Crippen LogP) is 1.88. The Labute approximate surface area is 187 Å². The third-order valence-corrected chi connectivity index (χ3v) is 7.34. The number of piperidine rings is 3. The summed E-state index contributed by atoms with van der Waals surface area (Å²) in [6.07, 6.45) is 6.12. The average Bonchev–Trinajstić information content (AvgIpc) is 3.33. The van der Waals surface area contributed by atoms with Gasteiger partial charge in [-0.15, -0.1) is 0 Å². The van der Waals surface area contributed by atoms with E-state index in [1.165, 1.54) is 12.5 Å². The lowest BCUT2D eigenvalue weighted by Crippen LogP contribution is -2.68. The lowest BCUT2D eigenvalue weighted by Gasteiger charge is -2.55. The first kappa shape index (κ1) is 20.7. The number of aromatic amines is 1. The van der Waals surface area contributed by atoms with Crippen LogP contribution in [0.3, 0.4) is 0 Å². The SMILES string of the molecule is Cc1ccccc1CNC(=O)[C@H]1[C@@H]2C[C@@H](CN(C(=O)c3cnc[nH]3)C2)[C@@H]2CCCC(=O)N21. The number of carbonyl (C=O) groups excluding carboxylic acids is 3. The molecule has 3 fully saturated rings. The second kappa shape index (κ2) is 8.41. The van der Waals surface area contributed by atoms with E-state index >= 15 is 0 Å². The van der Waals surface area contributed by atoms with Gasteiger partial charge in [0.2, 0.25) is 11.8 Å². The Morgan fingerprint density at radius 1 is 1.22 bits per heavy atom. The molecule has 1 aromatic carbocycles. The van der Waals surface area contributed by atoms with E-state index in [2.05, 4.69) is 15.3 Å². The van der Waals surface area contributed by atoms with E-state index in [9.17, 15) is 14.4 Å². The van der Waals surface area contributed by atoms with E-state index in [0.29, 0.717) is 31.7 Å². The molecule has 32 heavy (non-hydrogen) atoms. The molecule has 5 rings (SSSR count). The number of hydrogen-bond acceptors (Lipinski definition) is 4. The van der Waals surface area contributed by atoms with Gasteiger partial charge in [0.15, 0.2) is 0 Å². The van der Waals surface area contributed by atoms with E-state index < -0.39 is 6.04 Å². The number of nitrogens with zero attached hydrogens (tertiary/aromatic N) is 3. The quantitative estimate of drug-likeness (QED) is 0.766. The van der Waals surface area contributed by atoms with Gasteiger partial charge in [0, 0.05) is 38.0 Å². The summed E-state index contributed by atoms with van der Waals surface area (Å²) in [5.74, 6) is -0.0129. The highest BCUT2D eigenvalue weighted by Crippen LogP contribution is 2.42. The van der Waals surface area contributed by atoms with Crippen LogP contribution >= 0.6 is 0 Å². The molecule has 8 nitrogen and oxygen atoms in total. The van der Waals surface area contributed by atoms with Crippen molar-refractivity contribution in [3.63, 3.8) is 0 Å². The zero-order chi connectivity index (χ0) is 22.2. The van der Waals surface area contributed by atoms with Gasteiger partial charge in [0.1, 0.15) is 11.7 Å². The van der Waals surface area contributed by atoms with Crippen molar-refractivity contribution in [1.82, 2.24) is 25.1 Å². The summed E-state index contributed by atoms with van der Waals surface area (Å²) in [6.45, 7) is 3.53. The number of imidazole rings is 1. The van der Waals surface area contributed by atoms with Crippen LogP contribution in [-0.2, 0) is 16.1 Å². The van der Waals surface area contributed by atoms with E-state index in [0.717, 1.165) is 30.4 Å². The number of amides is 3. The molecule has 3 aliphatic heterocycles. The number of aryl methyl sites for hydroxylation is 1. The highest BCUT2D eigenvalue weighted by molar-refractivity contribution is 5.93. The molecule has 1 aromatic heterocycles. The van der Waals surface area contributed by atoms with Crippen molar-refractivity contribution >= 4 is 17.7 Å². The van der Waals surface area contributed by atoms with Crippen LogP contribution < -0.4 is 5.32 Å². The maximum Gasteiger partial charge on any atom is 0.271 e. The van der Waals surface area contributed by atoms with E-state index in [1.54, 1.807) is 0 Å². The third kappa shape index (κ3) is 3.67. The van der Waals surface area contributed by atoms with Crippen LogP contribution in [0.5, 0.6) is 0 Å². The molecule has 0 saturated carbocycles. The normalized spacial score (nSPS) is 27.1. The first-order valence-corrected chi connectivity index (χ1v) is 11.4. The number of rotatable bonds is 4. The summed E-state index contributed by atoms with van der Waals surface area (Å²) >= 11 is 0. The van der Waals surface area contributed by atoms with Gasteiger partial charge < -0.3 is 20.1 Å². The van der Waals surface area contributed by atoms with Gasteiger partial charge >= 0.3 is 0 Å². The van der Waals surface area contributed by atoms with Crippen molar-refractivity contribution in [3.05, 3.63) is 53.6 Å². The molecule has 2 bridgehead atoms. The molecule has 3 aliphatic rings. The van der Waals surface area contributed by atoms with Gasteiger partial charge in [-0.05, 0) is 43.2 Å². The summed E-state index contributed by atoms with van der Waals surface area (Å²) in [5.41, 5.74) is 2.65. The number of benzene rings is 1. The van der Waals surface area contributed by atoms with Crippen molar-refractivity contribution < 1.29 is 14.4 Å². The van der Waals surface area contributed by atoms with Crippen LogP contribution in [0.15, 0.2) is 36.8 Å². The van der Waals surface area contributed by atoms with Crippen LogP contribution in [0.2, 0.25) is 0 Å². The Morgan fingerprint density at radius 3 is 2.81 bits per heavy atom. The summed E-state index contributed by atoms with van der Waals surface area (Å²) in [4.78, 5) is 50.0. The molecule has 8 heteroatoms. The van der Waals surface area contributed by atoms with Crippen molar-refractivity contribution in [1.29, 1.82) is 0 Å². The summed E-state index contributed by atoms with van der Waals surface area (Å²) in [7, 11) is 0. The predicted molar refractivity (Wildman–Crippen MR) is 117 cm³/mol. The zero-order valence-corrected chi connectivity index (χ0v) is 18.3. The Morgan fingerprint density at radius 2 is 2.03 bits per heavy atom. The molecule has 3 saturated heterocycles. The van der Waals surface area contributed by atoms with Crippen LogP contribution in [0.1, 0.15) is 47.3 Å². The molecule has 0 spiro atoms. The highest BCUT2D eigenvalue weighted by Gasteiger charge is 2.52. The van der Waals surface area contributed by atoms with Crippen molar-refractivity contribution in [2.75, 3.05) is 13.1 Å². The number of aromatic nitrogens is 2. The number of carbonyl (C=O) groups is 3. The molecule has 0 unspecified atom stereocenters. The van der Waals surface area contributed by atoms with Crippen LogP contribution in [-0.4, -0.2) is 62.7 Å². The largest absolute Gasteiger partial charge is 0.350 e. The molecule has 0 aliphatic carbocycles. The fourth-order valence-corrected chi connectivity index (χ4v) is 5.80. The lowest BCUT2D eigenvalue weighted by atomic mass is 9.71. The molecule has 4 heterocycles. The molecule has 2 N–H and O–H groups in total. The average molecular weight is 436 g/mol. The highest BCUT2D eigenvalue weighted by atomic mass is 16.2. The van der Waals surface area contributed by atoms with Gasteiger partial charge in [-0.2, -0.15) is 0 Å². The Hall–Kier alpha value is -3.16. The summed E-state index contributed by atoms with van der Waals surface area (Å²) in [6, 6.07) is 7.45. The number of H-pyrrole nitrogens is 1. The monoisotopic (exact) mass is 435 g/mol. The number of hydrogen-bond donors (Lipinski definition) is 2. The molecule has 0 radical (unpaired) electrons.